The van der Waals surface area contributed by atoms with Gasteiger partial charge < -0.3 is 14.8 Å². The molecule has 0 saturated heterocycles. The number of hydrogen-bond donors (Lipinski definition) is 3. The topological polar surface area (TPSA) is 109 Å². The fraction of sp³-hybridized carbons (Fsp3) is 0.0556. The van der Waals surface area contributed by atoms with Crippen molar-refractivity contribution in [2.24, 2.45) is 0 Å². The van der Waals surface area contributed by atoms with Gasteiger partial charge in [0.2, 0.25) is 0 Å². The number of benzene rings is 2. The molecule has 0 atom stereocenters. The molecule has 146 valence electrons. The lowest BCUT2D eigenvalue weighted by Crippen LogP contribution is -2.15. The van der Waals surface area contributed by atoms with Gasteiger partial charge in [-0.3, -0.25) is 4.72 Å². The van der Waals surface area contributed by atoms with E-state index in [1.54, 1.807) is 12.1 Å². The molecule has 1 aromatic heterocycles. The molecule has 0 spiro atoms. The van der Waals surface area contributed by atoms with Crippen molar-refractivity contribution in [1.29, 1.82) is 0 Å². The molecule has 2 aromatic carbocycles. The number of sulfonamides is 1. The summed E-state index contributed by atoms with van der Waals surface area (Å²) in [4.78, 5) is 11.2. The number of anilines is 2. The van der Waals surface area contributed by atoms with Crippen LogP contribution in [0.2, 0.25) is 5.02 Å². The number of aromatic carboxylic acids is 1. The zero-order valence-electron chi connectivity index (χ0n) is 14.1. The van der Waals surface area contributed by atoms with Crippen molar-refractivity contribution in [1.82, 2.24) is 0 Å². The number of rotatable bonds is 7. The molecular formula is C18H14ClFN2O5S. The highest BCUT2D eigenvalue weighted by atomic mass is 35.5. The molecule has 10 heteroatoms. The molecule has 0 aliphatic carbocycles. The van der Waals surface area contributed by atoms with Crippen LogP contribution in [0, 0.1) is 5.82 Å². The van der Waals surface area contributed by atoms with Crippen LogP contribution in [0.4, 0.5) is 15.8 Å². The van der Waals surface area contributed by atoms with Gasteiger partial charge in [0, 0.05) is 5.69 Å². The Balaban J connectivity index is 1.93. The molecule has 0 aliphatic rings. The van der Waals surface area contributed by atoms with Crippen molar-refractivity contribution >= 4 is 39.0 Å². The summed E-state index contributed by atoms with van der Waals surface area (Å²) < 4.78 is 45.6. The summed E-state index contributed by atoms with van der Waals surface area (Å²) in [6.45, 7) is 0.184. The highest BCUT2D eigenvalue weighted by molar-refractivity contribution is 7.92. The Labute approximate surface area is 164 Å². The molecule has 7 nitrogen and oxygen atoms in total. The molecule has 0 amide bonds. The van der Waals surface area contributed by atoms with Crippen LogP contribution in [0.15, 0.2) is 64.1 Å². The summed E-state index contributed by atoms with van der Waals surface area (Å²) in [6.07, 6.45) is 1.47. The number of carboxylic acids is 1. The highest BCUT2D eigenvalue weighted by Crippen LogP contribution is 2.30. The maximum absolute atomic E-state index is 13.0. The second kappa shape index (κ2) is 7.91. The van der Waals surface area contributed by atoms with E-state index in [0.717, 1.165) is 18.2 Å². The summed E-state index contributed by atoms with van der Waals surface area (Å²) in [6, 6.07) is 10.2. The Bertz CT molecular complexity index is 1100. The lowest BCUT2D eigenvalue weighted by Gasteiger charge is -2.14. The Morgan fingerprint density at radius 1 is 1.18 bits per heavy atom. The fourth-order valence-corrected chi connectivity index (χ4v) is 4.02. The molecule has 28 heavy (non-hydrogen) atoms. The van der Waals surface area contributed by atoms with Crippen LogP contribution < -0.4 is 10.0 Å². The molecule has 3 aromatic rings. The molecule has 0 fully saturated rings. The Kier molecular flexibility index (Phi) is 5.57. The second-order valence-corrected chi connectivity index (χ2v) is 7.74. The van der Waals surface area contributed by atoms with Gasteiger partial charge in [0.25, 0.3) is 10.0 Å². The first-order valence-electron chi connectivity index (χ1n) is 7.88. The van der Waals surface area contributed by atoms with E-state index in [0.29, 0.717) is 5.76 Å². The molecule has 0 saturated carbocycles. The first-order valence-corrected chi connectivity index (χ1v) is 9.74. The second-order valence-electron chi connectivity index (χ2n) is 5.68. The first kappa shape index (κ1) is 19.7. The number of halogens is 2. The van der Waals surface area contributed by atoms with Gasteiger partial charge in [-0.2, -0.15) is 0 Å². The van der Waals surface area contributed by atoms with E-state index in [2.05, 4.69) is 10.0 Å². The number of carboxylic acid groups (broad SMARTS) is 1. The van der Waals surface area contributed by atoms with Crippen molar-refractivity contribution in [2.75, 3.05) is 10.0 Å². The van der Waals surface area contributed by atoms with Crippen LogP contribution >= 0.6 is 11.6 Å². The van der Waals surface area contributed by atoms with Gasteiger partial charge >= 0.3 is 5.97 Å². The van der Waals surface area contributed by atoms with Crippen LogP contribution in [-0.2, 0) is 16.6 Å². The Morgan fingerprint density at radius 3 is 2.50 bits per heavy atom. The molecule has 3 rings (SSSR count). The van der Waals surface area contributed by atoms with E-state index in [4.69, 9.17) is 16.0 Å². The van der Waals surface area contributed by atoms with Crippen molar-refractivity contribution in [3.8, 4) is 0 Å². The normalized spacial score (nSPS) is 11.2. The predicted octanol–water partition coefficient (Wildman–Crippen LogP) is 4.18. The van der Waals surface area contributed by atoms with Gasteiger partial charge in [0.15, 0.2) is 0 Å². The minimum absolute atomic E-state index is 0.106. The number of furan rings is 1. The van der Waals surface area contributed by atoms with Gasteiger partial charge in [-0.25, -0.2) is 17.6 Å². The Hall–Kier alpha value is -3.04. The minimum atomic E-state index is -4.20. The van der Waals surface area contributed by atoms with Crippen LogP contribution in [0.1, 0.15) is 16.1 Å². The van der Waals surface area contributed by atoms with Crippen molar-refractivity contribution in [3.05, 3.63) is 77.0 Å². The summed E-state index contributed by atoms with van der Waals surface area (Å²) in [5, 5.41) is 12.1. The molecule has 0 bridgehead atoms. The standard InChI is InChI=1S/C18H14ClFN2O5S/c19-15-9-16(21-10-13-2-1-7-27-13)14(18(23)24)8-17(15)28(25,26)22-12-5-3-11(20)4-6-12/h1-9,21-22H,10H2,(H,23,24). The Morgan fingerprint density at radius 2 is 1.89 bits per heavy atom. The summed E-state index contributed by atoms with van der Waals surface area (Å²) in [7, 11) is -4.20. The number of nitrogens with one attached hydrogen (secondary N) is 2. The lowest BCUT2D eigenvalue weighted by molar-refractivity contribution is 0.0697. The van der Waals surface area contributed by atoms with Crippen molar-refractivity contribution < 1.29 is 27.1 Å². The van der Waals surface area contributed by atoms with E-state index in [-0.39, 0.29) is 28.5 Å². The first-order chi connectivity index (χ1) is 13.3. The monoisotopic (exact) mass is 424 g/mol. The number of hydrogen-bond acceptors (Lipinski definition) is 5. The van der Waals surface area contributed by atoms with E-state index in [1.165, 1.54) is 24.5 Å². The SMILES string of the molecule is O=C(O)c1cc(S(=O)(=O)Nc2ccc(F)cc2)c(Cl)cc1NCc1ccco1. The van der Waals surface area contributed by atoms with Gasteiger partial charge in [-0.15, -0.1) is 0 Å². The van der Waals surface area contributed by atoms with Gasteiger partial charge in [0.1, 0.15) is 16.5 Å². The molecule has 3 N–H and O–H groups in total. The maximum Gasteiger partial charge on any atom is 0.337 e. The van der Waals surface area contributed by atoms with E-state index in [9.17, 15) is 22.7 Å². The van der Waals surface area contributed by atoms with Crippen LogP contribution in [0.3, 0.4) is 0 Å². The predicted molar refractivity (Wildman–Crippen MR) is 102 cm³/mol. The van der Waals surface area contributed by atoms with Crippen LogP contribution in [-0.4, -0.2) is 19.5 Å². The van der Waals surface area contributed by atoms with Gasteiger partial charge in [0.05, 0.1) is 29.1 Å². The van der Waals surface area contributed by atoms with E-state index < -0.39 is 26.7 Å². The smallest absolute Gasteiger partial charge is 0.337 e. The summed E-state index contributed by atoms with van der Waals surface area (Å²) in [5.74, 6) is -1.31. The quantitative estimate of drug-likeness (QED) is 0.525. The third-order valence-electron chi connectivity index (χ3n) is 3.72. The summed E-state index contributed by atoms with van der Waals surface area (Å²) >= 11 is 6.11. The number of carbonyl (C=O) groups is 1. The van der Waals surface area contributed by atoms with E-state index in [1.807, 2.05) is 0 Å². The zero-order chi connectivity index (χ0) is 20.3. The zero-order valence-corrected chi connectivity index (χ0v) is 15.7. The van der Waals surface area contributed by atoms with Gasteiger partial charge in [-0.1, -0.05) is 11.6 Å². The third-order valence-corrected chi connectivity index (χ3v) is 5.57. The van der Waals surface area contributed by atoms with Crippen LogP contribution in [0.25, 0.3) is 0 Å². The largest absolute Gasteiger partial charge is 0.478 e. The highest BCUT2D eigenvalue weighted by Gasteiger charge is 2.23. The van der Waals surface area contributed by atoms with Gasteiger partial charge in [-0.05, 0) is 48.5 Å². The average Bonchev–Trinajstić information content (AvgIpc) is 3.15. The van der Waals surface area contributed by atoms with Crippen molar-refractivity contribution in [2.45, 2.75) is 11.4 Å². The molecule has 0 aliphatic heterocycles. The van der Waals surface area contributed by atoms with E-state index >= 15 is 0 Å². The third kappa shape index (κ3) is 4.44. The molecule has 0 unspecified atom stereocenters. The molecule has 1 heterocycles. The molecular weight excluding hydrogens is 411 g/mol. The average molecular weight is 425 g/mol. The lowest BCUT2D eigenvalue weighted by atomic mass is 10.1. The maximum atomic E-state index is 13.0. The van der Waals surface area contributed by atoms with Crippen molar-refractivity contribution in [3.63, 3.8) is 0 Å². The fourth-order valence-electron chi connectivity index (χ4n) is 2.41. The minimum Gasteiger partial charge on any atom is -0.478 e. The molecule has 0 radical (unpaired) electrons. The van der Waals surface area contributed by atoms with Crippen LogP contribution in [0.5, 0.6) is 0 Å². The summed E-state index contributed by atoms with van der Waals surface area (Å²) in [5.41, 5.74) is -0.0422.